The Morgan fingerprint density at radius 2 is 2.00 bits per heavy atom. The second kappa shape index (κ2) is 6.80. The minimum Gasteiger partial charge on any atom is -0.507 e. The SMILES string of the molecule is [C-]#[N+]c1ccc(O)c(C(=O)NC2=NCC(F)(F)CN2)c1-c1ccccc1. The first-order valence-electron chi connectivity index (χ1n) is 7.67. The summed E-state index contributed by atoms with van der Waals surface area (Å²) in [6, 6.07) is 11.3. The highest BCUT2D eigenvalue weighted by Crippen LogP contribution is 2.38. The van der Waals surface area contributed by atoms with Crippen molar-refractivity contribution >= 4 is 17.6 Å². The number of rotatable bonds is 2. The van der Waals surface area contributed by atoms with Gasteiger partial charge in [-0.05, 0) is 11.6 Å². The summed E-state index contributed by atoms with van der Waals surface area (Å²) in [5.41, 5.74) is 0.903. The van der Waals surface area contributed by atoms with Crippen LogP contribution in [0.1, 0.15) is 10.4 Å². The average molecular weight is 356 g/mol. The Morgan fingerprint density at radius 1 is 1.27 bits per heavy atom. The van der Waals surface area contributed by atoms with Crippen molar-refractivity contribution in [2.45, 2.75) is 5.92 Å². The Hall–Kier alpha value is -3.47. The lowest BCUT2D eigenvalue weighted by molar-refractivity contribution is 0.0120. The van der Waals surface area contributed by atoms with Gasteiger partial charge in [-0.15, -0.1) is 0 Å². The number of phenolic OH excluding ortho intramolecular Hbond substituents is 1. The summed E-state index contributed by atoms with van der Waals surface area (Å²) in [5.74, 6) is -4.15. The number of alkyl halides is 2. The van der Waals surface area contributed by atoms with Crippen LogP contribution in [0.25, 0.3) is 16.0 Å². The molecule has 1 amide bonds. The van der Waals surface area contributed by atoms with E-state index in [0.29, 0.717) is 5.56 Å². The van der Waals surface area contributed by atoms with Crippen LogP contribution in [0.5, 0.6) is 5.75 Å². The van der Waals surface area contributed by atoms with Crippen molar-refractivity contribution in [3.05, 3.63) is 59.4 Å². The van der Waals surface area contributed by atoms with Crippen LogP contribution in [0, 0.1) is 6.57 Å². The van der Waals surface area contributed by atoms with Gasteiger partial charge >= 0.3 is 0 Å². The number of amides is 1. The fourth-order valence-electron chi connectivity index (χ4n) is 2.57. The van der Waals surface area contributed by atoms with Crippen LogP contribution in [-0.4, -0.2) is 36.0 Å². The van der Waals surface area contributed by atoms with Gasteiger partial charge in [0, 0.05) is 5.56 Å². The number of hydrogen-bond acceptors (Lipinski definition) is 4. The monoisotopic (exact) mass is 356 g/mol. The summed E-state index contributed by atoms with van der Waals surface area (Å²) in [4.78, 5) is 19.7. The third kappa shape index (κ3) is 3.47. The summed E-state index contributed by atoms with van der Waals surface area (Å²) >= 11 is 0. The lowest BCUT2D eigenvalue weighted by Gasteiger charge is -2.23. The van der Waals surface area contributed by atoms with Crippen molar-refractivity contribution < 1.29 is 18.7 Å². The van der Waals surface area contributed by atoms with Crippen molar-refractivity contribution in [3.8, 4) is 16.9 Å². The van der Waals surface area contributed by atoms with Crippen molar-refractivity contribution in [1.82, 2.24) is 10.6 Å². The number of benzene rings is 2. The molecule has 8 heteroatoms. The van der Waals surface area contributed by atoms with E-state index in [0.717, 1.165) is 0 Å². The van der Waals surface area contributed by atoms with E-state index >= 15 is 0 Å². The highest BCUT2D eigenvalue weighted by Gasteiger charge is 2.33. The second-order valence-electron chi connectivity index (χ2n) is 5.66. The van der Waals surface area contributed by atoms with Crippen LogP contribution >= 0.6 is 0 Å². The molecule has 1 aliphatic rings. The van der Waals surface area contributed by atoms with Gasteiger partial charge in [0.2, 0.25) is 0 Å². The van der Waals surface area contributed by atoms with E-state index in [1.165, 1.54) is 12.1 Å². The molecular weight excluding hydrogens is 342 g/mol. The van der Waals surface area contributed by atoms with Crippen LogP contribution in [-0.2, 0) is 0 Å². The molecule has 2 aromatic carbocycles. The van der Waals surface area contributed by atoms with E-state index in [4.69, 9.17) is 6.57 Å². The lowest BCUT2D eigenvalue weighted by Crippen LogP contribution is -2.50. The molecule has 0 aromatic heterocycles. The molecule has 0 saturated heterocycles. The predicted molar refractivity (Wildman–Crippen MR) is 92.5 cm³/mol. The molecular formula is C18H14F2N4O2. The first-order chi connectivity index (χ1) is 12.4. The van der Waals surface area contributed by atoms with Crippen molar-refractivity contribution in [1.29, 1.82) is 0 Å². The number of carbonyl (C=O) groups is 1. The first-order valence-corrected chi connectivity index (χ1v) is 7.67. The van der Waals surface area contributed by atoms with E-state index in [2.05, 4.69) is 20.5 Å². The molecule has 0 unspecified atom stereocenters. The first kappa shape index (κ1) is 17.4. The van der Waals surface area contributed by atoms with E-state index in [1.807, 2.05) is 0 Å². The molecule has 6 nitrogen and oxygen atoms in total. The van der Waals surface area contributed by atoms with Gasteiger partial charge in [-0.1, -0.05) is 36.4 Å². The van der Waals surface area contributed by atoms with Gasteiger partial charge in [-0.25, -0.2) is 18.6 Å². The van der Waals surface area contributed by atoms with Gasteiger partial charge in [-0.3, -0.25) is 10.1 Å². The molecule has 132 valence electrons. The fourth-order valence-corrected chi connectivity index (χ4v) is 2.57. The molecule has 0 fully saturated rings. The Morgan fingerprint density at radius 3 is 2.62 bits per heavy atom. The smallest absolute Gasteiger partial charge is 0.284 e. The maximum atomic E-state index is 13.1. The lowest BCUT2D eigenvalue weighted by atomic mass is 9.96. The minimum absolute atomic E-state index is 0.104. The van der Waals surface area contributed by atoms with Crippen molar-refractivity contribution in [2.75, 3.05) is 13.1 Å². The molecule has 0 spiro atoms. The third-order valence-corrected chi connectivity index (χ3v) is 3.79. The summed E-state index contributed by atoms with van der Waals surface area (Å²) in [6.07, 6.45) is 0. The molecule has 0 aliphatic carbocycles. The van der Waals surface area contributed by atoms with Gasteiger partial charge in [-0.2, -0.15) is 0 Å². The molecule has 1 heterocycles. The van der Waals surface area contributed by atoms with Crippen LogP contribution in [0.4, 0.5) is 14.5 Å². The number of hydrogen-bond donors (Lipinski definition) is 3. The van der Waals surface area contributed by atoms with Crippen LogP contribution in [0.2, 0.25) is 0 Å². The highest BCUT2D eigenvalue weighted by atomic mass is 19.3. The van der Waals surface area contributed by atoms with Gasteiger partial charge in [0.25, 0.3) is 11.8 Å². The molecule has 0 bridgehead atoms. The van der Waals surface area contributed by atoms with Crippen LogP contribution < -0.4 is 10.6 Å². The zero-order chi connectivity index (χ0) is 18.7. The summed E-state index contributed by atoms with van der Waals surface area (Å²) in [5, 5.41) is 14.9. The van der Waals surface area contributed by atoms with E-state index in [9.17, 15) is 18.7 Å². The maximum absolute atomic E-state index is 13.1. The maximum Gasteiger partial charge on any atom is 0.284 e. The second-order valence-corrected chi connectivity index (χ2v) is 5.66. The number of nitrogens with zero attached hydrogens (tertiary/aromatic N) is 2. The number of aromatic hydroxyl groups is 1. The Balaban J connectivity index is 2.01. The van der Waals surface area contributed by atoms with E-state index in [-0.39, 0.29) is 28.5 Å². The Kier molecular flexibility index (Phi) is 4.54. The molecule has 3 rings (SSSR count). The standard InChI is InChI=1S/C18H14F2N4O2/c1-21-12-7-8-13(25)15(14(12)11-5-3-2-4-6-11)16(26)24-17-22-9-18(19,20)10-23-17/h2-8,25H,9-10H2,(H2,22,23,24,26). The zero-order valence-corrected chi connectivity index (χ0v) is 13.5. The fraction of sp³-hybridized carbons (Fsp3) is 0.167. The molecule has 0 saturated carbocycles. The van der Waals surface area contributed by atoms with Crippen molar-refractivity contribution in [3.63, 3.8) is 0 Å². The van der Waals surface area contributed by atoms with Gasteiger partial charge in [0.05, 0.1) is 18.7 Å². The molecule has 0 atom stereocenters. The normalized spacial score (nSPS) is 15.3. The highest BCUT2D eigenvalue weighted by molar-refractivity contribution is 6.12. The topological polar surface area (TPSA) is 78.1 Å². The number of phenols is 1. The molecule has 26 heavy (non-hydrogen) atoms. The number of guanidine groups is 1. The minimum atomic E-state index is -2.98. The van der Waals surface area contributed by atoms with Gasteiger partial charge in [0.1, 0.15) is 12.3 Å². The van der Waals surface area contributed by atoms with E-state index < -0.39 is 24.9 Å². The number of aliphatic imine (C=N–C) groups is 1. The number of carbonyl (C=O) groups excluding carboxylic acids is 1. The molecule has 0 radical (unpaired) electrons. The molecule has 3 N–H and O–H groups in total. The molecule has 2 aromatic rings. The van der Waals surface area contributed by atoms with Crippen LogP contribution in [0.15, 0.2) is 47.5 Å². The molecule has 1 aliphatic heterocycles. The van der Waals surface area contributed by atoms with Gasteiger partial charge in [0.15, 0.2) is 11.6 Å². The number of nitrogens with one attached hydrogen (secondary N) is 2. The summed E-state index contributed by atoms with van der Waals surface area (Å²) in [6.45, 7) is 5.94. The van der Waals surface area contributed by atoms with Crippen LogP contribution in [0.3, 0.4) is 0 Å². The number of halogens is 2. The quantitative estimate of drug-likeness (QED) is 0.724. The van der Waals surface area contributed by atoms with E-state index in [1.54, 1.807) is 30.3 Å². The Bertz CT molecular complexity index is 921. The van der Waals surface area contributed by atoms with Gasteiger partial charge < -0.3 is 10.4 Å². The Labute approximate surface area is 148 Å². The predicted octanol–water partition coefficient (Wildman–Crippen LogP) is 2.93. The van der Waals surface area contributed by atoms with Crippen molar-refractivity contribution in [2.24, 2.45) is 4.99 Å². The largest absolute Gasteiger partial charge is 0.507 e. The zero-order valence-electron chi connectivity index (χ0n) is 13.5. The third-order valence-electron chi connectivity index (χ3n) is 3.79. The average Bonchev–Trinajstić information content (AvgIpc) is 2.63. The summed E-state index contributed by atoms with van der Waals surface area (Å²) in [7, 11) is 0. The summed E-state index contributed by atoms with van der Waals surface area (Å²) < 4.78 is 26.3.